The molecule has 6 nitrogen and oxygen atoms in total. The molecule has 0 aromatic heterocycles. The second-order valence-electron chi connectivity index (χ2n) is 4.40. The molecule has 0 aliphatic carbocycles. The van der Waals surface area contributed by atoms with E-state index < -0.39 is 27.3 Å². The minimum atomic E-state index is -3.93. The van der Waals surface area contributed by atoms with Crippen molar-refractivity contribution >= 4 is 21.7 Å². The number of hydrogen-bond acceptors (Lipinski definition) is 4. The first-order chi connectivity index (χ1) is 9.81. The maximum absolute atomic E-state index is 12.3. The van der Waals surface area contributed by atoms with Gasteiger partial charge in [0, 0.05) is 0 Å². The fourth-order valence-corrected chi connectivity index (χ4v) is 2.90. The Morgan fingerprint density at radius 2 is 1.81 bits per heavy atom. The summed E-state index contributed by atoms with van der Waals surface area (Å²) in [4.78, 5) is 10.7. The van der Waals surface area contributed by atoms with E-state index in [1.165, 1.54) is 0 Å². The number of aryl methyl sites for hydroxylation is 1. The van der Waals surface area contributed by atoms with Gasteiger partial charge in [-0.25, -0.2) is 13.2 Å². The second-order valence-corrected chi connectivity index (χ2v) is 6.09. The molecule has 7 heteroatoms. The predicted molar refractivity (Wildman–Crippen MR) is 77.1 cm³/mol. The standard InChI is InChI=1S/C14H13NO5S/c1-9-4-2-3-5-12(9)15-21(19,20)10-6-7-13(16)11(8-10)14(17)18/h2-8,15-16H,1H3,(H,17,18). The first-order valence-corrected chi connectivity index (χ1v) is 7.44. The third-order valence-electron chi connectivity index (χ3n) is 2.90. The van der Waals surface area contributed by atoms with Gasteiger partial charge < -0.3 is 10.2 Å². The van der Waals surface area contributed by atoms with Crippen LogP contribution < -0.4 is 4.72 Å². The topological polar surface area (TPSA) is 104 Å². The van der Waals surface area contributed by atoms with Crippen LogP contribution in [0.3, 0.4) is 0 Å². The summed E-state index contributed by atoms with van der Waals surface area (Å²) in [5.41, 5.74) is 0.670. The molecule has 2 aromatic carbocycles. The molecule has 0 bridgehead atoms. The maximum atomic E-state index is 12.3. The third kappa shape index (κ3) is 3.14. The molecule has 0 saturated heterocycles. The molecule has 3 N–H and O–H groups in total. The van der Waals surface area contributed by atoms with Crippen LogP contribution in [0.2, 0.25) is 0 Å². The van der Waals surface area contributed by atoms with Crippen LogP contribution in [0.1, 0.15) is 15.9 Å². The smallest absolute Gasteiger partial charge is 0.339 e. The van der Waals surface area contributed by atoms with Crippen molar-refractivity contribution in [3.63, 3.8) is 0 Å². The number of aromatic carboxylic acids is 1. The van der Waals surface area contributed by atoms with E-state index in [2.05, 4.69) is 4.72 Å². The lowest BCUT2D eigenvalue weighted by Gasteiger charge is -2.11. The zero-order valence-electron chi connectivity index (χ0n) is 11.1. The molecule has 2 aromatic rings. The van der Waals surface area contributed by atoms with Gasteiger partial charge in [-0.05, 0) is 36.8 Å². The van der Waals surface area contributed by atoms with Crippen molar-refractivity contribution in [2.45, 2.75) is 11.8 Å². The molecule has 110 valence electrons. The molecule has 0 atom stereocenters. The van der Waals surface area contributed by atoms with E-state index in [1.807, 2.05) is 0 Å². The van der Waals surface area contributed by atoms with Crippen molar-refractivity contribution in [2.24, 2.45) is 0 Å². The van der Waals surface area contributed by atoms with E-state index in [-0.39, 0.29) is 4.90 Å². The van der Waals surface area contributed by atoms with E-state index in [0.29, 0.717) is 5.69 Å². The molecule has 0 spiro atoms. The van der Waals surface area contributed by atoms with Crippen LogP contribution in [0.4, 0.5) is 5.69 Å². The first kappa shape index (κ1) is 14.9. The molecule has 0 saturated carbocycles. The number of nitrogens with one attached hydrogen (secondary N) is 1. The van der Waals surface area contributed by atoms with E-state index in [9.17, 15) is 18.3 Å². The van der Waals surface area contributed by atoms with Gasteiger partial charge in [0.05, 0.1) is 10.6 Å². The summed E-state index contributed by atoms with van der Waals surface area (Å²) in [6.07, 6.45) is 0. The molecule has 0 radical (unpaired) electrons. The van der Waals surface area contributed by atoms with E-state index in [0.717, 1.165) is 23.8 Å². The van der Waals surface area contributed by atoms with Gasteiger partial charge in [-0.3, -0.25) is 4.72 Å². The molecule has 0 aliphatic heterocycles. The molecule has 0 aliphatic rings. The van der Waals surface area contributed by atoms with E-state index in [1.54, 1.807) is 31.2 Å². The number of benzene rings is 2. The average molecular weight is 307 g/mol. The SMILES string of the molecule is Cc1ccccc1NS(=O)(=O)c1ccc(O)c(C(=O)O)c1. The van der Waals surface area contributed by atoms with Crippen LogP contribution in [0.15, 0.2) is 47.4 Å². The summed E-state index contributed by atoms with van der Waals surface area (Å²) < 4.78 is 26.9. The Labute approximate surface area is 121 Å². The summed E-state index contributed by atoms with van der Waals surface area (Å²) in [6.45, 7) is 1.75. The van der Waals surface area contributed by atoms with Crippen molar-refractivity contribution in [3.8, 4) is 5.75 Å². The van der Waals surface area contributed by atoms with Gasteiger partial charge in [-0.1, -0.05) is 18.2 Å². The van der Waals surface area contributed by atoms with Crippen LogP contribution in [0, 0.1) is 6.92 Å². The zero-order valence-corrected chi connectivity index (χ0v) is 11.9. The lowest BCUT2D eigenvalue weighted by molar-refractivity contribution is 0.0693. The Kier molecular flexibility index (Phi) is 3.86. The monoisotopic (exact) mass is 307 g/mol. The zero-order chi connectivity index (χ0) is 15.6. The Morgan fingerprint density at radius 1 is 1.14 bits per heavy atom. The van der Waals surface area contributed by atoms with Crippen LogP contribution >= 0.6 is 0 Å². The summed E-state index contributed by atoms with van der Waals surface area (Å²) >= 11 is 0. The highest BCUT2D eigenvalue weighted by Crippen LogP contribution is 2.24. The highest BCUT2D eigenvalue weighted by molar-refractivity contribution is 7.92. The summed E-state index contributed by atoms with van der Waals surface area (Å²) in [5, 5.41) is 18.3. The van der Waals surface area contributed by atoms with E-state index >= 15 is 0 Å². The van der Waals surface area contributed by atoms with Crippen LogP contribution in [-0.2, 0) is 10.0 Å². The Morgan fingerprint density at radius 3 is 2.43 bits per heavy atom. The summed E-state index contributed by atoms with van der Waals surface area (Å²) in [6, 6.07) is 9.90. The minimum absolute atomic E-state index is 0.235. The normalized spacial score (nSPS) is 11.1. The van der Waals surface area contributed by atoms with Gasteiger partial charge in [0.15, 0.2) is 0 Å². The Balaban J connectivity index is 2.43. The fourth-order valence-electron chi connectivity index (χ4n) is 1.74. The Bertz CT molecular complexity index is 799. The number of anilines is 1. The largest absolute Gasteiger partial charge is 0.507 e. The van der Waals surface area contributed by atoms with E-state index in [4.69, 9.17) is 5.11 Å². The van der Waals surface area contributed by atoms with Crippen LogP contribution in [0.25, 0.3) is 0 Å². The number of carboxylic acid groups (broad SMARTS) is 1. The van der Waals surface area contributed by atoms with Gasteiger partial charge >= 0.3 is 5.97 Å². The third-order valence-corrected chi connectivity index (χ3v) is 4.26. The molecule has 21 heavy (non-hydrogen) atoms. The molecule has 2 rings (SSSR count). The number of hydrogen-bond donors (Lipinski definition) is 3. The molecule has 0 amide bonds. The predicted octanol–water partition coefficient (Wildman–Crippen LogP) is 2.20. The lowest BCUT2D eigenvalue weighted by atomic mass is 10.2. The molecular weight excluding hydrogens is 294 g/mol. The molecule has 0 unspecified atom stereocenters. The fraction of sp³-hybridized carbons (Fsp3) is 0.0714. The number of carboxylic acids is 1. The molecule has 0 fully saturated rings. The number of carbonyl (C=O) groups is 1. The van der Waals surface area contributed by atoms with Gasteiger partial charge in [0.2, 0.25) is 0 Å². The minimum Gasteiger partial charge on any atom is -0.507 e. The van der Waals surface area contributed by atoms with Gasteiger partial charge in [0.25, 0.3) is 10.0 Å². The number of aromatic hydroxyl groups is 1. The average Bonchev–Trinajstić information content (AvgIpc) is 2.41. The van der Waals surface area contributed by atoms with Crippen molar-refractivity contribution in [2.75, 3.05) is 4.72 Å². The quantitative estimate of drug-likeness (QED) is 0.803. The van der Waals surface area contributed by atoms with Crippen LogP contribution in [0.5, 0.6) is 5.75 Å². The first-order valence-electron chi connectivity index (χ1n) is 5.96. The highest BCUT2D eigenvalue weighted by Gasteiger charge is 2.19. The van der Waals surface area contributed by atoms with Crippen molar-refractivity contribution in [1.82, 2.24) is 0 Å². The second kappa shape index (κ2) is 5.45. The summed E-state index contributed by atoms with van der Waals surface area (Å²) in [7, 11) is -3.93. The van der Waals surface area contributed by atoms with Gasteiger partial charge in [-0.15, -0.1) is 0 Å². The van der Waals surface area contributed by atoms with Crippen molar-refractivity contribution in [1.29, 1.82) is 0 Å². The number of phenols is 1. The Hall–Kier alpha value is -2.54. The molecule has 0 heterocycles. The number of sulfonamides is 1. The molecular formula is C14H13NO5S. The van der Waals surface area contributed by atoms with Gasteiger partial charge in [0.1, 0.15) is 11.3 Å². The number of para-hydroxylation sites is 1. The number of rotatable bonds is 4. The van der Waals surface area contributed by atoms with Gasteiger partial charge in [-0.2, -0.15) is 0 Å². The lowest BCUT2D eigenvalue weighted by Crippen LogP contribution is -2.14. The van der Waals surface area contributed by atoms with Crippen LogP contribution in [-0.4, -0.2) is 24.6 Å². The summed E-state index contributed by atoms with van der Waals surface area (Å²) in [5.74, 6) is -1.89. The maximum Gasteiger partial charge on any atom is 0.339 e. The highest BCUT2D eigenvalue weighted by atomic mass is 32.2. The van der Waals surface area contributed by atoms with Crippen molar-refractivity contribution in [3.05, 3.63) is 53.6 Å². The van der Waals surface area contributed by atoms with Crippen molar-refractivity contribution < 1.29 is 23.4 Å².